The summed E-state index contributed by atoms with van der Waals surface area (Å²) in [5.74, 6) is 0.00224. The van der Waals surface area contributed by atoms with E-state index in [0.717, 1.165) is 15.6 Å². The summed E-state index contributed by atoms with van der Waals surface area (Å²) in [6.45, 7) is 7.05. The molecule has 0 aliphatic heterocycles. The van der Waals surface area contributed by atoms with Gasteiger partial charge in [-0.3, -0.25) is 4.79 Å². The highest BCUT2D eigenvalue weighted by atomic mass is 127. The van der Waals surface area contributed by atoms with Gasteiger partial charge in [0.25, 0.3) is 5.91 Å². The molecule has 0 aliphatic rings. The maximum absolute atomic E-state index is 12.2. The molecule has 0 fully saturated rings. The highest BCUT2D eigenvalue weighted by molar-refractivity contribution is 14.1. The zero-order valence-electron chi connectivity index (χ0n) is 12.7. The molecular formula is C18H20INO. The molecule has 2 rings (SSSR count). The van der Waals surface area contributed by atoms with Gasteiger partial charge in [-0.1, -0.05) is 29.8 Å². The van der Waals surface area contributed by atoms with Crippen molar-refractivity contribution in [1.29, 1.82) is 0 Å². The predicted molar refractivity (Wildman–Crippen MR) is 95.8 cm³/mol. The first-order valence-electron chi connectivity index (χ1n) is 7.08. The van der Waals surface area contributed by atoms with Crippen molar-refractivity contribution in [2.45, 2.75) is 27.2 Å². The molecule has 2 aromatic carbocycles. The number of halogens is 1. The van der Waals surface area contributed by atoms with Crippen LogP contribution < -0.4 is 5.32 Å². The average molecular weight is 393 g/mol. The highest BCUT2D eigenvalue weighted by Gasteiger charge is 2.09. The Labute approximate surface area is 140 Å². The Hall–Kier alpha value is -1.36. The maximum atomic E-state index is 12.2. The van der Waals surface area contributed by atoms with Gasteiger partial charge in [0.05, 0.1) is 5.56 Å². The van der Waals surface area contributed by atoms with Crippen LogP contribution in [0.15, 0.2) is 36.4 Å². The van der Waals surface area contributed by atoms with E-state index in [1.54, 1.807) is 0 Å². The quantitative estimate of drug-likeness (QED) is 0.776. The van der Waals surface area contributed by atoms with Gasteiger partial charge >= 0.3 is 0 Å². The molecule has 0 atom stereocenters. The third-order valence-electron chi connectivity index (χ3n) is 3.62. The van der Waals surface area contributed by atoms with Crippen LogP contribution in [0.1, 0.15) is 32.6 Å². The molecular weight excluding hydrogens is 373 g/mol. The third kappa shape index (κ3) is 4.06. The number of benzene rings is 2. The Morgan fingerprint density at radius 3 is 2.33 bits per heavy atom. The molecule has 21 heavy (non-hydrogen) atoms. The number of rotatable bonds is 4. The summed E-state index contributed by atoms with van der Waals surface area (Å²) in [4.78, 5) is 12.2. The summed E-state index contributed by atoms with van der Waals surface area (Å²) in [5.41, 5.74) is 5.97. The molecule has 0 saturated heterocycles. The fraction of sp³-hybridized carbons (Fsp3) is 0.278. The largest absolute Gasteiger partial charge is 0.352 e. The lowest BCUT2D eigenvalue weighted by Crippen LogP contribution is -2.26. The van der Waals surface area contributed by atoms with E-state index < -0.39 is 0 Å². The van der Waals surface area contributed by atoms with Crippen molar-refractivity contribution in [3.05, 3.63) is 67.8 Å². The van der Waals surface area contributed by atoms with Crippen molar-refractivity contribution in [2.75, 3.05) is 6.54 Å². The van der Waals surface area contributed by atoms with E-state index in [9.17, 15) is 4.79 Å². The summed E-state index contributed by atoms with van der Waals surface area (Å²) in [5, 5.41) is 3.01. The summed E-state index contributed by atoms with van der Waals surface area (Å²) in [6, 6.07) is 12.0. The Balaban J connectivity index is 1.99. The molecule has 2 aromatic rings. The Morgan fingerprint density at radius 2 is 1.71 bits per heavy atom. The van der Waals surface area contributed by atoms with E-state index in [4.69, 9.17) is 0 Å². The Kier molecular flexibility index (Phi) is 5.39. The van der Waals surface area contributed by atoms with Crippen molar-refractivity contribution in [3.63, 3.8) is 0 Å². The van der Waals surface area contributed by atoms with Crippen molar-refractivity contribution in [3.8, 4) is 0 Å². The molecule has 2 nitrogen and oxygen atoms in total. The van der Waals surface area contributed by atoms with E-state index >= 15 is 0 Å². The van der Waals surface area contributed by atoms with E-state index in [2.05, 4.69) is 60.8 Å². The average Bonchev–Trinajstić information content (AvgIpc) is 2.42. The van der Waals surface area contributed by atoms with Crippen LogP contribution in [0.2, 0.25) is 0 Å². The lowest BCUT2D eigenvalue weighted by Gasteiger charge is -2.12. The Bertz CT molecular complexity index is 641. The van der Waals surface area contributed by atoms with E-state index in [1.165, 1.54) is 22.3 Å². The van der Waals surface area contributed by atoms with Gasteiger partial charge in [-0.15, -0.1) is 0 Å². The van der Waals surface area contributed by atoms with Gasteiger partial charge < -0.3 is 5.32 Å². The van der Waals surface area contributed by atoms with E-state index in [-0.39, 0.29) is 5.91 Å². The van der Waals surface area contributed by atoms with E-state index in [1.807, 2.05) is 24.3 Å². The second kappa shape index (κ2) is 7.07. The van der Waals surface area contributed by atoms with Gasteiger partial charge in [-0.2, -0.15) is 0 Å². The topological polar surface area (TPSA) is 29.1 Å². The SMILES string of the molecule is Cc1cc(C)c(CCNC(=O)c2ccccc2I)c(C)c1. The molecule has 1 amide bonds. The number of amides is 1. The van der Waals surface area contributed by atoms with Crippen LogP contribution in [0, 0.1) is 24.3 Å². The monoisotopic (exact) mass is 393 g/mol. The molecule has 1 N–H and O–H groups in total. The minimum Gasteiger partial charge on any atom is -0.352 e. The predicted octanol–water partition coefficient (Wildman–Crippen LogP) is 4.19. The van der Waals surface area contributed by atoms with Gasteiger partial charge in [0.1, 0.15) is 0 Å². The fourth-order valence-electron chi connectivity index (χ4n) is 2.65. The lowest BCUT2D eigenvalue weighted by atomic mass is 9.97. The van der Waals surface area contributed by atoms with Crippen LogP contribution in [0.3, 0.4) is 0 Å². The Morgan fingerprint density at radius 1 is 1.10 bits per heavy atom. The molecule has 0 aliphatic carbocycles. The molecule has 0 aromatic heterocycles. The van der Waals surface area contributed by atoms with Crippen LogP contribution in [0.25, 0.3) is 0 Å². The number of hydrogen-bond acceptors (Lipinski definition) is 1. The number of hydrogen-bond donors (Lipinski definition) is 1. The van der Waals surface area contributed by atoms with Gasteiger partial charge in [-0.25, -0.2) is 0 Å². The number of carbonyl (C=O) groups excluding carboxylic acids is 1. The van der Waals surface area contributed by atoms with Crippen LogP contribution in [-0.4, -0.2) is 12.5 Å². The first-order valence-corrected chi connectivity index (χ1v) is 8.16. The molecule has 0 unspecified atom stereocenters. The lowest BCUT2D eigenvalue weighted by molar-refractivity contribution is 0.0953. The van der Waals surface area contributed by atoms with Gasteiger partial charge in [0, 0.05) is 10.1 Å². The second-order valence-electron chi connectivity index (χ2n) is 5.36. The molecule has 0 heterocycles. The molecule has 0 saturated carbocycles. The zero-order chi connectivity index (χ0) is 15.4. The molecule has 0 radical (unpaired) electrons. The minimum atomic E-state index is 0.00224. The summed E-state index contributed by atoms with van der Waals surface area (Å²) in [7, 11) is 0. The number of carbonyl (C=O) groups is 1. The summed E-state index contributed by atoms with van der Waals surface area (Å²) >= 11 is 2.19. The standard InChI is InChI=1S/C18H20INO/c1-12-10-13(2)15(14(3)11-12)8-9-20-18(21)16-6-4-5-7-17(16)19/h4-7,10-11H,8-9H2,1-3H3,(H,20,21). The smallest absolute Gasteiger partial charge is 0.252 e. The van der Waals surface area contributed by atoms with Gasteiger partial charge in [-0.05, 0) is 78.6 Å². The van der Waals surface area contributed by atoms with Crippen molar-refractivity contribution in [2.24, 2.45) is 0 Å². The van der Waals surface area contributed by atoms with Crippen molar-refractivity contribution < 1.29 is 4.79 Å². The van der Waals surface area contributed by atoms with Crippen LogP contribution in [0.4, 0.5) is 0 Å². The second-order valence-corrected chi connectivity index (χ2v) is 6.53. The molecule has 110 valence electrons. The molecule has 0 bridgehead atoms. The third-order valence-corrected chi connectivity index (χ3v) is 4.56. The van der Waals surface area contributed by atoms with Crippen LogP contribution in [0.5, 0.6) is 0 Å². The first kappa shape index (κ1) is 16.0. The van der Waals surface area contributed by atoms with Crippen LogP contribution >= 0.6 is 22.6 Å². The molecule has 0 spiro atoms. The summed E-state index contributed by atoms with van der Waals surface area (Å²) in [6.07, 6.45) is 0.868. The van der Waals surface area contributed by atoms with Crippen molar-refractivity contribution in [1.82, 2.24) is 5.32 Å². The normalized spacial score (nSPS) is 10.5. The van der Waals surface area contributed by atoms with E-state index in [0.29, 0.717) is 6.54 Å². The number of aryl methyl sites for hydroxylation is 3. The van der Waals surface area contributed by atoms with Gasteiger partial charge in [0.2, 0.25) is 0 Å². The number of nitrogens with one attached hydrogen (secondary N) is 1. The zero-order valence-corrected chi connectivity index (χ0v) is 14.8. The highest BCUT2D eigenvalue weighted by Crippen LogP contribution is 2.17. The van der Waals surface area contributed by atoms with Crippen LogP contribution in [-0.2, 0) is 6.42 Å². The maximum Gasteiger partial charge on any atom is 0.252 e. The van der Waals surface area contributed by atoms with Crippen molar-refractivity contribution >= 4 is 28.5 Å². The molecule has 3 heteroatoms. The fourth-order valence-corrected chi connectivity index (χ4v) is 3.28. The van der Waals surface area contributed by atoms with Gasteiger partial charge in [0.15, 0.2) is 0 Å². The summed E-state index contributed by atoms with van der Waals surface area (Å²) < 4.78 is 0.982. The minimum absolute atomic E-state index is 0.00224. The first-order chi connectivity index (χ1) is 9.99.